The number of rotatable bonds is 1. The fourth-order valence-electron chi connectivity index (χ4n) is 1.97. The molecule has 0 radical (unpaired) electrons. The molecule has 2 heterocycles. The Morgan fingerprint density at radius 3 is 3.08 bits per heavy atom. The smallest absolute Gasteiger partial charge is 0.151 e. The lowest BCUT2D eigenvalue weighted by Crippen LogP contribution is -2.33. The van der Waals surface area contributed by atoms with Crippen molar-refractivity contribution in [3.05, 3.63) is 21.9 Å². The van der Waals surface area contributed by atoms with Gasteiger partial charge in [0.05, 0.1) is 0 Å². The highest BCUT2D eigenvalue weighted by Gasteiger charge is 2.23. The van der Waals surface area contributed by atoms with Crippen LogP contribution in [0.25, 0.3) is 0 Å². The van der Waals surface area contributed by atoms with Crippen LogP contribution in [-0.2, 0) is 0 Å². The molecule has 0 spiro atoms. The van der Waals surface area contributed by atoms with Crippen molar-refractivity contribution >= 4 is 11.3 Å². The molecule has 1 fully saturated rings. The van der Waals surface area contributed by atoms with E-state index in [9.17, 15) is 4.39 Å². The molecule has 1 saturated heterocycles. The first-order valence-corrected chi connectivity index (χ1v) is 5.57. The van der Waals surface area contributed by atoms with E-state index >= 15 is 0 Å². The van der Waals surface area contributed by atoms with Crippen molar-refractivity contribution in [3.63, 3.8) is 0 Å². The maximum Gasteiger partial charge on any atom is 0.151 e. The summed E-state index contributed by atoms with van der Waals surface area (Å²) in [5.74, 6) is 0.433. The Morgan fingerprint density at radius 1 is 1.62 bits per heavy atom. The van der Waals surface area contributed by atoms with E-state index in [1.54, 1.807) is 11.3 Å². The molecular formula is C10H14FNS. The summed E-state index contributed by atoms with van der Waals surface area (Å²) in [5.41, 5.74) is 1.36. The third-order valence-electron chi connectivity index (χ3n) is 2.69. The molecule has 3 heteroatoms. The monoisotopic (exact) mass is 199 g/mol. The van der Waals surface area contributed by atoms with Crippen molar-refractivity contribution in [2.45, 2.75) is 32.0 Å². The Morgan fingerprint density at radius 2 is 2.46 bits per heavy atom. The van der Waals surface area contributed by atoms with E-state index in [1.807, 2.05) is 0 Å². The molecule has 2 rings (SSSR count). The molecule has 1 aromatic heterocycles. The van der Waals surface area contributed by atoms with Gasteiger partial charge in [-0.3, -0.25) is 5.32 Å². The SMILES string of the molecule is Cc1sccc1C1CCNC(F)C1. The van der Waals surface area contributed by atoms with E-state index in [0.29, 0.717) is 12.3 Å². The Labute approximate surface area is 82.0 Å². The van der Waals surface area contributed by atoms with Crippen molar-refractivity contribution in [2.75, 3.05) is 6.54 Å². The lowest BCUT2D eigenvalue weighted by atomic mass is 9.90. The molecule has 1 aliphatic rings. The maximum atomic E-state index is 13.0. The number of nitrogens with one attached hydrogen (secondary N) is 1. The minimum absolute atomic E-state index is 0.433. The molecule has 72 valence electrons. The molecule has 1 nitrogen and oxygen atoms in total. The number of halogens is 1. The summed E-state index contributed by atoms with van der Waals surface area (Å²) in [6.45, 7) is 2.93. The van der Waals surface area contributed by atoms with E-state index in [-0.39, 0.29) is 0 Å². The van der Waals surface area contributed by atoms with Crippen LogP contribution in [0.3, 0.4) is 0 Å². The quantitative estimate of drug-likeness (QED) is 0.686. The molecule has 2 atom stereocenters. The number of piperidine rings is 1. The van der Waals surface area contributed by atoms with Gasteiger partial charge in [0.2, 0.25) is 0 Å². The van der Waals surface area contributed by atoms with Crippen molar-refractivity contribution < 1.29 is 4.39 Å². The Kier molecular flexibility index (Phi) is 2.65. The summed E-state index contributed by atoms with van der Waals surface area (Å²) >= 11 is 1.76. The van der Waals surface area contributed by atoms with Crippen LogP contribution in [0.15, 0.2) is 11.4 Å². The zero-order chi connectivity index (χ0) is 9.26. The van der Waals surface area contributed by atoms with Gasteiger partial charge < -0.3 is 0 Å². The van der Waals surface area contributed by atoms with Crippen LogP contribution < -0.4 is 5.32 Å². The second-order valence-corrected chi connectivity index (χ2v) is 4.70. The minimum atomic E-state index is -0.807. The summed E-state index contributed by atoms with van der Waals surface area (Å²) in [5, 5.41) is 4.93. The summed E-state index contributed by atoms with van der Waals surface area (Å²) in [6, 6.07) is 2.14. The van der Waals surface area contributed by atoms with Gasteiger partial charge in [0, 0.05) is 4.88 Å². The highest BCUT2D eigenvalue weighted by atomic mass is 32.1. The summed E-state index contributed by atoms with van der Waals surface area (Å²) in [7, 11) is 0. The van der Waals surface area contributed by atoms with Gasteiger partial charge in [-0.15, -0.1) is 11.3 Å². The van der Waals surface area contributed by atoms with E-state index in [2.05, 4.69) is 23.7 Å². The number of hydrogen-bond acceptors (Lipinski definition) is 2. The molecule has 0 aliphatic carbocycles. The van der Waals surface area contributed by atoms with E-state index < -0.39 is 6.30 Å². The normalized spacial score (nSPS) is 29.1. The van der Waals surface area contributed by atoms with Crippen LogP contribution in [0, 0.1) is 6.92 Å². The van der Waals surface area contributed by atoms with Crippen molar-refractivity contribution in [1.82, 2.24) is 5.32 Å². The molecule has 0 amide bonds. The van der Waals surface area contributed by atoms with Crippen LogP contribution in [0.2, 0.25) is 0 Å². The van der Waals surface area contributed by atoms with Crippen LogP contribution in [0.4, 0.5) is 4.39 Å². The second kappa shape index (κ2) is 3.76. The molecule has 1 N–H and O–H groups in total. The molecule has 0 aromatic carbocycles. The molecule has 0 bridgehead atoms. The van der Waals surface area contributed by atoms with Gasteiger partial charge in [-0.25, -0.2) is 4.39 Å². The Hall–Kier alpha value is -0.410. The van der Waals surface area contributed by atoms with Crippen molar-refractivity contribution in [2.24, 2.45) is 0 Å². The number of aryl methyl sites for hydroxylation is 1. The second-order valence-electron chi connectivity index (χ2n) is 3.58. The number of hydrogen-bond donors (Lipinski definition) is 1. The molecule has 13 heavy (non-hydrogen) atoms. The van der Waals surface area contributed by atoms with Crippen molar-refractivity contribution in [3.8, 4) is 0 Å². The van der Waals surface area contributed by atoms with Gasteiger partial charge in [-0.2, -0.15) is 0 Å². The maximum absolute atomic E-state index is 13.0. The highest BCUT2D eigenvalue weighted by Crippen LogP contribution is 2.32. The summed E-state index contributed by atoms with van der Waals surface area (Å²) in [4.78, 5) is 1.35. The van der Waals surface area contributed by atoms with Crippen LogP contribution in [0.5, 0.6) is 0 Å². The average molecular weight is 199 g/mol. The summed E-state index contributed by atoms with van der Waals surface area (Å²) in [6.07, 6.45) is 0.897. The minimum Gasteiger partial charge on any atom is -0.288 e. The van der Waals surface area contributed by atoms with E-state index in [1.165, 1.54) is 10.4 Å². The molecule has 0 saturated carbocycles. The van der Waals surface area contributed by atoms with Crippen LogP contribution in [0.1, 0.15) is 29.2 Å². The van der Waals surface area contributed by atoms with Gasteiger partial charge >= 0.3 is 0 Å². The van der Waals surface area contributed by atoms with Gasteiger partial charge in [0.25, 0.3) is 0 Å². The standard InChI is InChI=1S/C10H14FNS/c1-7-9(3-5-13-7)8-2-4-12-10(11)6-8/h3,5,8,10,12H,2,4,6H2,1H3. The van der Waals surface area contributed by atoms with Crippen molar-refractivity contribution in [1.29, 1.82) is 0 Å². The predicted octanol–water partition coefficient (Wildman–Crippen LogP) is 2.82. The third-order valence-corrected chi connectivity index (χ3v) is 3.55. The van der Waals surface area contributed by atoms with Gasteiger partial charge in [0.1, 0.15) is 0 Å². The number of thiophene rings is 1. The summed E-state index contributed by atoms with van der Waals surface area (Å²) < 4.78 is 13.0. The largest absolute Gasteiger partial charge is 0.288 e. The molecular weight excluding hydrogens is 185 g/mol. The lowest BCUT2D eigenvalue weighted by Gasteiger charge is -2.25. The van der Waals surface area contributed by atoms with Crippen LogP contribution >= 0.6 is 11.3 Å². The molecule has 1 aromatic rings. The first-order valence-electron chi connectivity index (χ1n) is 4.69. The first-order chi connectivity index (χ1) is 6.27. The molecule has 2 unspecified atom stereocenters. The fourth-order valence-corrected chi connectivity index (χ4v) is 2.76. The van der Waals surface area contributed by atoms with Gasteiger partial charge in [-0.05, 0) is 49.2 Å². The highest BCUT2D eigenvalue weighted by molar-refractivity contribution is 7.10. The predicted molar refractivity (Wildman–Crippen MR) is 53.9 cm³/mol. The lowest BCUT2D eigenvalue weighted by molar-refractivity contribution is 0.206. The van der Waals surface area contributed by atoms with E-state index in [0.717, 1.165) is 13.0 Å². The van der Waals surface area contributed by atoms with Gasteiger partial charge in [0.15, 0.2) is 6.30 Å². The average Bonchev–Trinajstić information content (AvgIpc) is 2.51. The topological polar surface area (TPSA) is 12.0 Å². The van der Waals surface area contributed by atoms with Gasteiger partial charge in [-0.1, -0.05) is 0 Å². The Balaban J connectivity index is 2.12. The Bertz CT molecular complexity index is 284. The first kappa shape index (κ1) is 9.16. The fraction of sp³-hybridized carbons (Fsp3) is 0.600. The molecule has 1 aliphatic heterocycles. The zero-order valence-electron chi connectivity index (χ0n) is 7.72. The number of alkyl halides is 1. The van der Waals surface area contributed by atoms with Crippen LogP contribution in [-0.4, -0.2) is 12.8 Å². The third kappa shape index (κ3) is 1.92. The zero-order valence-corrected chi connectivity index (χ0v) is 8.53. The van der Waals surface area contributed by atoms with E-state index in [4.69, 9.17) is 0 Å².